The van der Waals surface area contributed by atoms with Crippen LogP contribution in [0.5, 0.6) is 0 Å². The normalized spacial score (nSPS) is 12.2. The molecule has 1 atom stereocenters. The van der Waals surface area contributed by atoms with Crippen LogP contribution in [-0.4, -0.2) is 24.5 Å². The van der Waals surface area contributed by atoms with Gasteiger partial charge in [0, 0.05) is 16.6 Å². The van der Waals surface area contributed by atoms with Crippen LogP contribution in [0.2, 0.25) is 5.15 Å². The summed E-state index contributed by atoms with van der Waals surface area (Å²) in [6.45, 7) is 4.99. The molecule has 0 spiro atoms. The molecule has 0 aliphatic rings. The summed E-state index contributed by atoms with van der Waals surface area (Å²) >= 11 is 6.33. The van der Waals surface area contributed by atoms with Crippen LogP contribution in [0.3, 0.4) is 0 Å². The minimum Gasteiger partial charge on any atom is -0.326 e. The first-order valence-corrected chi connectivity index (χ1v) is 9.03. The maximum absolute atomic E-state index is 12.4. The fourth-order valence-corrected chi connectivity index (χ4v) is 3.33. The summed E-state index contributed by atoms with van der Waals surface area (Å²) in [6, 6.07) is 15.9. The number of anilines is 1. The second-order valence-electron chi connectivity index (χ2n) is 6.76. The third-order valence-electron chi connectivity index (χ3n) is 4.45. The molecule has 1 unspecified atom stereocenters. The monoisotopic (exact) mass is 368 g/mol. The van der Waals surface area contributed by atoms with Crippen molar-refractivity contribution < 1.29 is 9.69 Å². The zero-order chi connectivity index (χ0) is 18.7. The lowest BCUT2D eigenvalue weighted by Crippen LogP contribution is -3.08. The van der Waals surface area contributed by atoms with E-state index >= 15 is 0 Å². The summed E-state index contributed by atoms with van der Waals surface area (Å²) in [6.07, 6.45) is 0. The number of halogens is 1. The van der Waals surface area contributed by atoms with Crippen LogP contribution in [0.15, 0.2) is 48.5 Å². The van der Waals surface area contributed by atoms with Crippen molar-refractivity contribution in [2.45, 2.75) is 20.4 Å². The Morgan fingerprint density at radius 3 is 2.54 bits per heavy atom. The van der Waals surface area contributed by atoms with E-state index in [0.29, 0.717) is 18.2 Å². The van der Waals surface area contributed by atoms with Crippen molar-refractivity contribution in [3.05, 3.63) is 70.4 Å². The van der Waals surface area contributed by atoms with Crippen molar-refractivity contribution in [2.24, 2.45) is 0 Å². The molecule has 134 valence electrons. The summed E-state index contributed by atoms with van der Waals surface area (Å²) in [5.41, 5.74) is 4.86. The fraction of sp³-hybridized carbons (Fsp3) is 0.238. The number of aryl methyl sites for hydroxylation is 2. The van der Waals surface area contributed by atoms with Gasteiger partial charge in [-0.05, 0) is 37.1 Å². The van der Waals surface area contributed by atoms with Crippen LogP contribution in [0.4, 0.5) is 5.69 Å². The lowest BCUT2D eigenvalue weighted by molar-refractivity contribution is -0.885. The van der Waals surface area contributed by atoms with Crippen molar-refractivity contribution in [1.29, 1.82) is 0 Å². The molecule has 0 saturated heterocycles. The molecule has 0 fully saturated rings. The molecule has 0 radical (unpaired) electrons. The Labute approximate surface area is 158 Å². The highest BCUT2D eigenvalue weighted by Gasteiger charge is 2.15. The predicted octanol–water partition coefficient (Wildman–Crippen LogP) is 3.16. The highest BCUT2D eigenvalue weighted by Crippen LogP contribution is 2.20. The lowest BCUT2D eigenvalue weighted by atomic mass is 10.1. The summed E-state index contributed by atoms with van der Waals surface area (Å²) in [5, 5.41) is 4.58. The Hall–Kier alpha value is -2.43. The number of quaternary nitrogens is 1. The number of carbonyl (C=O) groups excluding carboxylic acids is 1. The van der Waals surface area contributed by atoms with Crippen LogP contribution in [0.25, 0.3) is 10.9 Å². The first kappa shape index (κ1) is 18.4. The van der Waals surface area contributed by atoms with Gasteiger partial charge >= 0.3 is 0 Å². The average Bonchev–Trinajstić information content (AvgIpc) is 2.59. The van der Waals surface area contributed by atoms with Crippen molar-refractivity contribution >= 4 is 34.1 Å². The molecule has 2 aromatic carbocycles. The second kappa shape index (κ2) is 7.85. The molecule has 1 heterocycles. The number of likely N-dealkylation sites (N-methyl/N-ethyl adjacent to an activating group) is 1. The molecule has 3 rings (SSSR count). The molecule has 1 aromatic heterocycles. The summed E-state index contributed by atoms with van der Waals surface area (Å²) in [4.78, 5) is 17.9. The average molecular weight is 369 g/mol. The Morgan fingerprint density at radius 1 is 1.12 bits per heavy atom. The maximum Gasteiger partial charge on any atom is 0.279 e. The van der Waals surface area contributed by atoms with E-state index in [2.05, 4.69) is 16.4 Å². The smallest absolute Gasteiger partial charge is 0.279 e. The van der Waals surface area contributed by atoms with E-state index in [9.17, 15) is 4.79 Å². The predicted molar refractivity (Wildman–Crippen MR) is 107 cm³/mol. The number of aromatic nitrogens is 1. The van der Waals surface area contributed by atoms with Crippen molar-refractivity contribution in [3.8, 4) is 0 Å². The Bertz CT molecular complexity index is 935. The molecule has 26 heavy (non-hydrogen) atoms. The quantitative estimate of drug-likeness (QED) is 0.679. The number of nitrogens with zero attached hydrogens (tertiary/aromatic N) is 1. The van der Waals surface area contributed by atoms with Crippen molar-refractivity contribution in [1.82, 2.24) is 4.98 Å². The first-order valence-electron chi connectivity index (χ1n) is 8.65. The molecule has 4 nitrogen and oxygen atoms in total. The van der Waals surface area contributed by atoms with Crippen LogP contribution < -0.4 is 10.2 Å². The minimum absolute atomic E-state index is 0.00947. The number of benzene rings is 2. The number of para-hydroxylation sites is 2. The number of fused-ring (bicyclic) bond motifs is 1. The van der Waals surface area contributed by atoms with Crippen LogP contribution in [0.1, 0.15) is 16.7 Å². The number of hydrogen-bond acceptors (Lipinski definition) is 2. The number of amides is 1. The van der Waals surface area contributed by atoms with E-state index in [4.69, 9.17) is 11.6 Å². The molecule has 3 aromatic rings. The van der Waals surface area contributed by atoms with Crippen LogP contribution >= 0.6 is 11.6 Å². The van der Waals surface area contributed by atoms with Gasteiger partial charge in [-0.2, -0.15) is 0 Å². The molecule has 1 amide bonds. The number of nitrogens with one attached hydrogen (secondary N) is 2. The largest absolute Gasteiger partial charge is 0.326 e. The molecular formula is C21H23ClN3O+. The van der Waals surface area contributed by atoms with E-state index in [1.54, 1.807) is 0 Å². The zero-order valence-electron chi connectivity index (χ0n) is 15.3. The Kier molecular flexibility index (Phi) is 5.55. The molecule has 0 aliphatic heterocycles. The van der Waals surface area contributed by atoms with Gasteiger partial charge in [-0.15, -0.1) is 0 Å². The molecule has 5 heteroatoms. The number of carbonyl (C=O) groups is 1. The highest BCUT2D eigenvalue weighted by molar-refractivity contribution is 6.30. The molecule has 0 aliphatic carbocycles. The van der Waals surface area contributed by atoms with Gasteiger partial charge in [0.05, 0.1) is 12.6 Å². The minimum atomic E-state index is -0.00947. The number of pyridine rings is 1. The Balaban J connectivity index is 1.68. The summed E-state index contributed by atoms with van der Waals surface area (Å²) in [5.74, 6) is -0.00947. The van der Waals surface area contributed by atoms with E-state index in [1.807, 2.05) is 63.4 Å². The maximum atomic E-state index is 12.4. The molecular weight excluding hydrogens is 346 g/mol. The van der Waals surface area contributed by atoms with E-state index in [-0.39, 0.29) is 5.91 Å². The standard InChI is InChI=1S/C21H22ClN3O/c1-14-7-6-8-15(2)20(14)24-19(26)13-25(3)12-17-11-16-9-4-5-10-18(16)23-21(17)22/h4-11H,12-13H2,1-3H3,(H,24,26)/p+1. The van der Waals surface area contributed by atoms with Gasteiger partial charge in [0.25, 0.3) is 5.91 Å². The van der Waals surface area contributed by atoms with Gasteiger partial charge < -0.3 is 10.2 Å². The summed E-state index contributed by atoms with van der Waals surface area (Å²) < 4.78 is 0. The highest BCUT2D eigenvalue weighted by atomic mass is 35.5. The number of rotatable bonds is 5. The van der Waals surface area contributed by atoms with E-state index in [0.717, 1.165) is 38.2 Å². The Morgan fingerprint density at radius 2 is 1.81 bits per heavy atom. The van der Waals surface area contributed by atoms with E-state index in [1.165, 1.54) is 0 Å². The zero-order valence-corrected chi connectivity index (χ0v) is 16.0. The molecule has 0 saturated carbocycles. The van der Waals surface area contributed by atoms with Crippen molar-refractivity contribution in [3.63, 3.8) is 0 Å². The lowest BCUT2D eigenvalue weighted by Gasteiger charge is -2.16. The van der Waals surface area contributed by atoms with Gasteiger partial charge in [-0.1, -0.05) is 48.0 Å². The second-order valence-corrected chi connectivity index (χ2v) is 7.11. The van der Waals surface area contributed by atoms with Gasteiger partial charge in [-0.25, -0.2) is 4.98 Å². The third kappa shape index (κ3) is 4.21. The summed E-state index contributed by atoms with van der Waals surface area (Å²) in [7, 11) is 1.98. The van der Waals surface area contributed by atoms with Crippen LogP contribution in [-0.2, 0) is 11.3 Å². The topological polar surface area (TPSA) is 46.4 Å². The van der Waals surface area contributed by atoms with Gasteiger partial charge in [0.1, 0.15) is 11.7 Å². The van der Waals surface area contributed by atoms with Crippen LogP contribution in [0, 0.1) is 13.8 Å². The first-order chi connectivity index (χ1) is 12.4. The fourth-order valence-electron chi connectivity index (χ4n) is 3.12. The van der Waals surface area contributed by atoms with Gasteiger partial charge in [0.2, 0.25) is 0 Å². The molecule has 2 N–H and O–H groups in total. The van der Waals surface area contributed by atoms with Gasteiger partial charge in [0.15, 0.2) is 6.54 Å². The molecule has 0 bridgehead atoms. The third-order valence-corrected chi connectivity index (χ3v) is 4.78. The van der Waals surface area contributed by atoms with E-state index < -0.39 is 0 Å². The number of hydrogen-bond donors (Lipinski definition) is 2. The SMILES string of the molecule is Cc1cccc(C)c1NC(=O)C[NH+](C)Cc1cc2ccccc2nc1Cl. The van der Waals surface area contributed by atoms with Crippen molar-refractivity contribution in [2.75, 3.05) is 18.9 Å². The van der Waals surface area contributed by atoms with Gasteiger partial charge in [-0.3, -0.25) is 4.79 Å².